The first kappa shape index (κ1) is 28.5. The van der Waals surface area contributed by atoms with Gasteiger partial charge >= 0.3 is 5.97 Å². The zero-order valence-electron chi connectivity index (χ0n) is 22.9. The van der Waals surface area contributed by atoms with Crippen LogP contribution in [0.4, 0.5) is 0 Å². The Balaban J connectivity index is 1.27. The molecule has 13 atom stereocenters. The molecule has 0 aromatic heterocycles. The van der Waals surface area contributed by atoms with Crippen LogP contribution in [0.25, 0.3) is 0 Å². The highest BCUT2D eigenvalue weighted by Crippen LogP contribution is 2.69. The Hall–Kier alpha value is -1.07. The van der Waals surface area contributed by atoms with Crippen LogP contribution in [-0.4, -0.2) is 87.6 Å². The minimum Gasteiger partial charge on any atom is -0.466 e. The third kappa shape index (κ3) is 4.37. The third-order valence-electron chi connectivity index (χ3n) is 11.7. The van der Waals surface area contributed by atoms with E-state index in [0.717, 1.165) is 57.8 Å². The molecule has 9 nitrogen and oxygen atoms in total. The number of carbonyl (C=O) groups excluding carboxylic acids is 1. The number of hydrogen-bond donors (Lipinski definition) is 5. The van der Waals surface area contributed by atoms with E-state index in [2.05, 4.69) is 13.8 Å². The van der Waals surface area contributed by atoms with Crippen LogP contribution < -0.4 is 0 Å². The van der Waals surface area contributed by atoms with Gasteiger partial charge < -0.3 is 39.7 Å². The summed E-state index contributed by atoms with van der Waals surface area (Å²) < 4.78 is 16.5. The quantitative estimate of drug-likeness (QED) is 0.200. The molecular weight excluding hydrogens is 492 g/mol. The second-order valence-electron chi connectivity index (χ2n) is 13.1. The van der Waals surface area contributed by atoms with Crippen LogP contribution in [0, 0.1) is 34.5 Å². The maximum absolute atomic E-state index is 12.3. The molecule has 38 heavy (non-hydrogen) atoms. The Kier molecular flexibility index (Phi) is 7.79. The molecule has 0 bridgehead atoms. The van der Waals surface area contributed by atoms with Gasteiger partial charge in [-0.15, -0.1) is 0 Å². The van der Waals surface area contributed by atoms with Crippen LogP contribution in [0.3, 0.4) is 0 Å². The van der Waals surface area contributed by atoms with Crippen LogP contribution in [0.15, 0.2) is 12.2 Å². The highest BCUT2D eigenvalue weighted by atomic mass is 16.7. The average molecular weight is 539 g/mol. The van der Waals surface area contributed by atoms with E-state index in [0.29, 0.717) is 11.8 Å². The average Bonchev–Trinajstić information content (AvgIpc) is 3.18. The molecule has 5 aliphatic rings. The Morgan fingerprint density at radius 3 is 2.45 bits per heavy atom. The molecule has 5 fully saturated rings. The van der Waals surface area contributed by atoms with Gasteiger partial charge in [0.15, 0.2) is 6.29 Å². The zero-order valence-corrected chi connectivity index (χ0v) is 22.9. The number of methoxy groups -OCH3 is 1. The van der Waals surface area contributed by atoms with Crippen molar-refractivity contribution >= 4 is 5.97 Å². The van der Waals surface area contributed by atoms with Crippen molar-refractivity contribution in [3.63, 3.8) is 0 Å². The number of carbonyl (C=O) groups is 1. The summed E-state index contributed by atoms with van der Waals surface area (Å²) in [7, 11) is 1.38. The minimum absolute atomic E-state index is 0.0785. The Labute approximate surface area is 225 Å². The molecule has 0 amide bonds. The van der Waals surface area contributed by atoms with Crippen molar-refractivity contribution in [3.05, 3.63) is 12.2 Å². The van der Waals surface area contributed by atoms with Crippen molar-refractivity contribution in [1.29, 1.82) is 0 Å². The molecule has 0 spiro atoms. The largest absolute Gasteiger partial charge is 0.466 e. The maximum Gasteiger partial charge on any atom is 0.330 e. The van der Waals surface area contributed by atoms with Crippen molar-refractivity contribution in [2.24, 2.45) is 34.5 Å². The molecule has 4 saturated carbocycles. The summed E-state index contributed by atoms with van der Waals surface area (Å²) in [5, 5.41) is 52.4. The SMILES string of the molecule is COC(=O)/C=C/C1CCC2(O)C3CCC4CC(OC5OC(CO)C(O)C(O)C5O)CCC4(C)C3CCC12C. The highest BCUT2D eigenvalue weighted by molar-refractivity contribution is 5.81. The van der Waals surface area contributed by atoms with Gasteiger partial charge in [-0.3, -0.25) is 0 Å². The van der Waals surface area contributed by atoms with Gasteiger partial charge in [0.05, 0.1) is 25.4 Å². The van der Waals surface area contributed by atoms with E-state index >= 15 is 0 Å². The second-order valence-corrected chi connectivity index (χ2v) is 13.1. The van der Waals surface area contributed by atoms with E-state index in [9.17, 15) is 30.3 Å². The van der Waals surface area contributed by atoms with Crippen molar-refractivity contribution in [2.75, 3.05) is 13.7 Å². The van der Waals surface area contributed by atoms with Crippen molar-refractivity contribution in [1.82, 2.24) is 0 Å². The Morgan fingerprint density at radius 1 is 0.974 bits per heavy atom. The van der Waals surface area contributed by atoms with E-state index in [4.69, 9.17) is 14.2 Å². The number of aliphatic hydroxyl groups excluding tert-OH is 4. The minimum atomic E-state index is -1.44. The lowest BCUT2D eigenvalue weighted by Crippen LogP contribution is -2.62. The molecule has 1 saturated heterocycles. The molecule has 5 N–H and O–H groups in total. The Morgan fingerprint density at radius 2 is 1.74 bits per heavy atom. The molecule has 0 aromatic carbocycles. The van der Waals surface area contributed by atoms with Crippen molar-refractivity contribution in [3.8, 4) is 0 Å². The van der Waals surface area contributed by atoms with E-state index in [1.54, 1.807) is 0 Å². The third-order valence-corrected chi connectivity index (χ3v) is 11.7. The summed E-state index contributed by atoms with van der Waals surface area (Å²) >= 11 is 0. The number of aliphatic hydroxyl groups is 5. The smallest absolute Gasteiger partial charge is 0.330 e. The lowest BCUT2D eigenvalue weighted by molar-refractivity contribution is -0.317. The summed E-state index contributed by atoms with van der Waals surface area (Å²) in [5.41, 5.74) is -0.931. The van der Waals surface area contributed by atoms with Gasteiger partial charge in [-0.2, -0.15) is 0 Å². The van der Waals surface area contributed by atoms with Crippen LogP contribution in [-0.2, 0) is 19.0 Å². The van der Waals surface area contributed by atoms with Crippen LogP contribution in [0.5, 0.6) is 0 Å². The summed E-state index contributed by atoms with van der Waals surface area (Å²) in [6.07, 6.45) is 5.13. The summed E-state index contributed by atoms with van der Waals surface area (Å²) in [4.78, 5) is 11.7. The number of ether oxygens (including phenoxy) is 3. The molecule has 4 aliphatic carbocycles. The number of hydrogen-bond acceptors (Lipinski definition) is 9. The van der Waals surface area contributed by atoms with Crippen molar-refractivity contribution in [2.45, 2.75) is 114 Å². The molecule has 1 aliphatic heterocycles. The molecule has 0 aromatic rings. The fraction of sp³-hybridized carbons (Fsp3) is 0.897. The van der Waals surface area contributed by atoms with E-state index in [1.165, 1.54) is 13.2 Å². The van der Waals surface area contributed by atoms with Gasteiger partial charge in [0, 0.05) is 11.5 Å². The van der Waals surface area contributed by atoms with Gasteiger partial charge in [-0.25, -0.2) is 4.79 Å². The second kappa shape index (κ2) is 10.4. The number of allylic oxidation sites excluding steroid dienone is 1. The van der Waals surface area contributed by atoms with Gasteiger partial charge in [-0.05, 0) is 86.9 Å². The normalized spacial score (nSPS) is 52.7. The summed E-state index contributed by atoms with van der Waals surface area (Å²) in [5.74, 6) is 0.851. The maximum atomic E-state index is 12.3. The van der Waals surface area contributed by atoms with Crippen LogP contribution in [0.1, 0.15) is 71.6 Å². The van der Waals surface area contributed by atoms with E-state index in [1.807, 2.05) is 6.08 Å². The molecule has 5 rings (SSSR count). The Bertz CT molecular complexity index is 908. The highest BCUT2D eigenvalue weighted by Gasteiger charge is 2.66. The lowest BCUT2D eigenvalue weighted by Gasteiger charge is -2.63. The molecule has 216 valence electrons. The van der Waals surface area contributed by atoms with Crippen molar-refractivity contribution < 1.29 is 44.5 Å². The molecule has 9 heteroatoms. The molecule has 1 heterocycles. The first-order valence-corrected chi connectivity index (χ1v) is 14.4. The monoisotopic (exact) mass is 538 g/mol. The van der Waals surface area contributed by atoms with Crippen LogP contribution in [0.2, 0.25) is 0 Å². The fourth-order valence-electron chi connectivity index (χ4n) is 9.29. The molecule has 13 unspecified atom stereocenters. The number of rotatable bonds is 5. The van der Waals surface area contributed by atoms with Gasteiger partial charge in [-0.1, -0.05) is 19.9 Å². The standard InChI is InChI=1S/C29H46O9/c1-27-11-9-18(37-26-25(34)24(33)23(32)21(15-30)38-26)14-17(27)4-6-20-19(27)10-12-28(2)16(5-7-22(31)36-3)8-13-29(20,28)35/h5,7,16-21,23-26,30,32-35H,4,6,8-15H2,1-3H3/b7-5+. The molecule has 0 radical (unpaired) electrons. The zero-order chi connectivity index (χ0) is 27.5. The van der Waals surface area contributed by atoms with E-state index in [-0.39, 0.29) is 34.7 Å². The number of esters is 1. The van der Waals surface area contributed by atoms with E-state index < -0.39 is 42.9 Å². The summed E-state index contributed by atoms with van der Waals surface area (Å²) in [6, 6.07) is 0. The topological polar surface area (TPSA) is 146 Å². The first-order chi connectivity index (χ1) is 18.0. The van der Waals surface area contributed by atoms with Gasteiger partial charge in [0.1, 0.15) is 24.4 Å². The fourth-order valence-corrected chi connectivity index (χ4v) is 9.29. The lowest BCUT2D eigenvalue weighted by atomic mass is 9.43. The van der Waals surface area contributed by atoms with Gasteiger partial charge in [0.2, 0.25) is 0 Å². The predicted molar refractivity (Wildman–Crippen MR) is 136 cm³/mol. The van der Waals surface area contributed by atoms with Gasteiger partial charge in [0.25, 0.3) is 0 Å². The molecular formula is C29H46O9. The number of fused-ring (bicyclic) bond motifs is 5. The first-order valence-electron chi connectivity index (χ1n) is 14.4. The summed E-state index contributed by atoms with van der Waals surface area (Å²) in [6.45, 7) is 4.12. The predicted octanol–water partition coefficient (Wildman–Crippen LogP) is 1.67. The van der Waals surface area contributed by atoms with Crippen LogP contribution >= 0.6 is 0 Å².